The molecule has 0 aromatic carbocycles. The normalized spacial score (nSPS) is 32.0. The summed E-state index contributed by atoms with van der Waals surface area (Å²) >= 11 is 0. The van der Waals surface area contributed by atoms with Gasteiger partial charge in [-0.05, 0) is 13.8 Å². The molecule has 2 saturated heterocycles. The van der Waals surface area contributed by atoms with Crippen molar-refractivity contribution in [2.45, 2.75) is 25.5 Å². The van der Waals surface area contributed by atoms with Crippen molar-refractivity contribution < 1.29 is 13.2 Å². The van der Waals surface area contributed by atoms with E-state index in [4.69, 9.17) is 4.74 Å². The molecule has 0 aromatic heterocycles. The maximum atomic E-state index is 11.4. The second-order valence-electron chi connectivity index (χ2n) is 5.40. The molecule has 2 aliphatic heterocycles. The van der Waals surface area contributed by atoms with Gasteiger partial charge >= 0.3 is 0 Å². The molecule has 100 valence electrons. The molecular formula is C11H22N2O3S. The molecule has 0 saturated carbocycles. The smallest absolute Gasteiger partial charge is 0.153 e. The van der Waals surface area contributed by atoms with Gasteiger partial charge in [0.15, 0.2) is 9.84 Å². The van der Waals surface area contributed by atoms with E-state index in [1.54, 1.807) is 0 Å². The highest BCUT2D eigenvalue weighted by molar-refractivity contribution is 7.91. The summed E-state index contributed by atoms with van der Waals surface area (Å²) in [5.74, 6) is 0.571. The zero-order valence-electron chi connectivity index (χ0n) is 10.6. The van der Waals surface area contributed by atoms with Gasteiger partial charge in [0.05, 0.1) is 23.7 Å². The molecule has 2 aliphatic rings. The Morgan fingerprint density at radius 1 is 1.47 bits per heavy atom. The van der Waals surface area contributed by atoms with Crippen LogP contribution in [0.2, 0.25) is 0 Å². The highest BCUT2D eigenvalue weighted by Gasteiger charge is 2.33. The van der Waals surface area contributed by atoms with Crippen molar-refractivity contribution in [3.05, 3.63) is 0 Å². The van der Waals surface area contributed by atoms with E-state index in [-0.39, 0.29) is 23.1 Å². The van der Waals surface area contributed by atoms with Crippen molar-refractivity contribution in [1.29, 1.82) is 0 Å². The van der Waals surface area contributed by atoms with E-state index in [0.29, 0.717) is 13.2 Å². The van der Waals surface area contributed by atoms with Crippen LogP contribution in [0.3, 0.4) is 0 Å². The second-order valence-corrected chi connectivity index (χ2v) is 7.63. The Morgan fingerprint density at radius 2 is 2.18 bits per heavy atom. The van der Waals surface area contributed by atoms with Crippen LogP contribution in [0.1, 0.15) is 13.8 Å². The third-order valence-electron chi connectivity index (χ3n) is 3.63. The van der Waals surface area contributed by atoms with Crippen molar-refractivity contribution in [3.8, 4) is 0 Å². The average Bonchev–Trinajstić information content (AvgIpc) is 2.18. The van der Waals surface area contributed by atoms with Gasteiger partial charge in [0.25, 0.3) is 0 Å². The van der Waals surface area contributed by atoms with Crippen LogP contribution in [-0.4, -0.2) is 69.3 Å². The van der Waals surface area contributed by atoms with Gasteiger partial charge in [0.1, 0.15) is 0 Å². The predicted octanol–water partition coefficient (Wildman–Crippen LogP) is -0.516. The second kappa shape index (κ2) is 4.84. The van der Waals surface area contributed by atoms with Gasteiger partial charge in [-0.1, -0.05) is 0 Å². The Hall–Kier alpha value is -0.170. The molecule has 2 fully saturated rings. The Bertz CT molecular complexity index is 365. The first-order valence-electron chi connectivity index (χ1n) is 6.19. The van der Waals surface area contributed by atoms with E-state index in [9.17, 15) is 8.42 Å². The van der Waals surface area contributed by atoms with Crippen LogP contribution in [-0.2, 0) is 14.6 Å². The van der Waals surface area contributed by atoms with E-state index in [1.165, 1.54) is 0 Å². The summed E-state index contributed by atoms with van der Waals surface area (Å²) in [6.45, 7) is 8.06. The summed E-state index contributed by atoms with van der Waals surface area (Å²) < 4.78 is 28.7. The van der Waals surface area contributed by atoms with Gasteiger partial charge in [0, 0.05) is 32.2 Å². The maximum absolute atomic E-state index is 11.4. The summed E-state index contributed by atoms with van der Waals surface area (Å²) in [6.07, 6.45) is 0. The van der Waals surface area contributed by atoms with Gasteiger partial charge in [-0.2, -0.15) is 0 Å². The summed E-state index contributed by atoms with van der Waals surface area (Å²) in [4.78, 5) is 2.20. The fourth-order valence-corrected chi connectivity index (χ4v) is 3.98. The van der Waals surface area contributed by atoms with E-state index < -0.39 is 9.84 Å². The largest absolute Gasteiger partial charge is 0.371 e. The molecule has 6 heteroatoms. The summed E-state index contributed by atoms with van der Waals surface area (Å²) in [5.41, 5.74) is -0.00883. The predicted molar refractivity (Wildman–Crippen MR) is 66.9 cm³/mol. The quantitative estimate of drug-likeness (QED) is 0.739. The van der Waals surface area contributed by atoms with E-state index >= 15 is 0 Å². The van der Waals surface area contributed by atoms with Crippen LogP contribution in [0, 0.1) is 0 Å². The van der Waals surface area contributed by atoms with Crippen molar-refractivity contribution in [1.82, 2.24) is 10.2 Å². The van der Waals surface area contributed by atoms with Crippen LogP contribution in [0.25, 0.3) is 0 Å². The van der Waals surface area contributed by atoms with E-state index in [2.05, 4.69) is 17.1 Å². The van der Waals surface area contributed by atoms with Crippen molar-refractivity contribution >= 4 is 9.84 Å². The fourth-order valence-electron chi connectivity index (χ4n) is 2.35. The molecule has 2 rings (SSSR count). The van der Waals surface area contributed by atoms with Crippen molar-refractivity contribution in [2.24, 2.45) is 0 Å². The van der Waals surface area contributed by atoms with Crippen LogP contribution in [0.5, 0.6) is 0 Å². The molecule has 0 radical (unpaired) electrons. The first-order valence-corrected chi connectivity index (χ1v) is 8.02. The Kier molecular flexibility index (Phi) is 3.77. The van der Waals surface area contributed by atoms with Gasteiger partial charge in [-0.15, -0.1) is 0 Å². The van der Waals surface area contributed by atoms with Crippen LogP contribution in [0.4, 0.5) is 0 Å². The molecule has 0 spiro atoms. The fraction of sp³-hybridized carbons (Fsp3) is 1.00. The van der Waals surface area contributed by atoms with Gasteiger partial charge in [0.2, 0.25) is 0 Å². The number of rotatable bonds is 4. The number of hydrogen-bond donors (Lipinski definition) is 1. The Balaban J connectivity index is 1.73. The molecule has 0 aromatic rings. The molecule has 1 atom stereocenters. The summed E-state index contributed by atoms with van der Waals surface area (Å²) in [5, 5.41) is 3.19. The van der Waals surface area contributed by atoms with E-state index in [1.807, 2.05) is 6.92 Å². The van der Waals surface area contributed by atoms with Gasteiger partial charge in [-0.3, -0.25) is 4.90 Å². The SMILES string of the molecule is CC1CS(=O)(=O)CCN1CCOC1(C)CNC1. The van der Waals surface area contributed by atoms with Crippen LogP contribution < -0.4 is 5.32 Å². The number of nitrogens with zero attached hydrogens (tertiary/aromatic N) is 1. The number of hydrogen-bond acceptors (Lipinski definition) is 5. The molecule has 1 unspecified atom stereocenters. The molecule has 5 nitrogen and oxygen atoms in total. The summed E-state index contributed by atoms with van der Waals surface area (Å²) in [6, 6.07) is 0.115. The zero-order chi connectivity index (χ0) is 12.5. The minimum atomic E-state index is -2.80. The monoisotopic (exact) mass is 262 g/mol. The number of nitrogens with one attached hydrogen (secondary N) is 1. The summed E-state index contributed by atoms with van der Waals surface area (Å²) in [7, 11) is -2.80. The van der Waals surface area contributed by atoms with Crippen molar-refractivity contribution in [2.75, 3.05) is 44.3 Å². The highest BCUT2D eigenvalue weighted by atomic mass is 32.2. The Labute approximate surface area is 103 Å². The topological polar surface area (TPSA) is 58.6 Å². The maximum Gasteiger partial charge on any atom is 0.153 e. The molecule has 0 bridgehead atoms. The van der Waals surface area contributed by atoms with Crippen LogP contribution in [0.15, 0.2) is 0 Å². The molecular weight excluding hydrogens is 240 g/mol. The molecule has 1 N–H and O–H groups in total. The first-order chi connectivity index (χ1) is 7.90. The molecule has 0 aliphatic carbocycles. The van der Waals surface area contributed by atoms with Gasteiger partial charge in [-0.25, -0.2) is 8.42 Å². The third-order valence-corrected chi connectivity index (χ3v) is 5.43. The molecule has 0 amide bonds. The highest BCUT2D eigenvalue weighted by Crippen LogP contribution is 2.16. The minimum Gasteiger partial charge on any atom is -0.371 e. The lowest BCUT2D eigenvalue weighted by Crippen LogP contribution is -2.59. The number of ether oxygens (including phenoxy) is 1. The van der Waals surface area contributed by atoms with Gasteiger partial charge < -0.3 is 10.1 Å². The zero-order valence-corrected chi connectivity index (χ0v) is 11.4. The van der Waals surface area contributed by atoms with E-state index in [0.717, 1.165) is 19.6 Å². The molecule has 2 heterocycles. The van der Waals surface area contributed by atoms with Crippen molar-refractivity contribution in [3.63, 3.8) is 0 Å². The minimum absolute atomic E-state index is 0.00883. The lowest BCUT2D eigenvalue weighted by atomic mass is 10.0. The average molecular weight is 262 g/mol. The lowest BCUT2D eigenvalue weighted by Gasteiger charge is -2.40. The Morgan fingerprint density at radius 3 is 2.71 bits per heavy atom. The lowest BCUT2D eigenvalue weighted by molar-refractivity contribution is -0.0735. The van der Waals surface area contributed by atoms with Crippen LogP contribution >= 0.6 is 0 Å². The first kappa shape index (κ1) is 13.3. The standard InChI is InChI=1S/C11H22N2O3S/c1-10-7-17(14,15)6-4-13(10)3-5-16-11(2)8-12-9-11/h10,12H,3-9H2,1-2H3. The number of sulfone groups is 1. The third kappa shape index (κ3) is 3.40. The molecule has 17 heavy (non-hydrogen) atoms.